The third-order valence-corrected chi connectivity index (χ3v) is 5.53. The van der Waals surface area contributed by atoms with E-state index in [1.807, 2.05) is 6.92 Å². The van der Waals surface area contributed by atoms with E-state index in [0.29, 0.717) is 17.3 Å². The molecule has 0 bridgehead atoms. The van der Waals surface area contributed by atoms with Crippen molar-refractivity contribution in [2.75, 3.05) is 10.6 Å². The third kappa shape index (κ3) is 4.55. The van der Waals surface area contributed by atoms with E-state index in [0.717, 1.165) is 9.47 Å². The van der Waals surface area contributed by atoms with Crippen molar-refractivity contribution in [2.24, 2.45) is 0 Å². The molecule has 126 valence electrons. The maximum atomic E-state index is 12.3. The van der Waals surface area contributed by atoms with Crippen LogP contribution >= 0.6 is 23.1 Å². The van der Waals surface area contributed by atoms with Gasteiger partial charge in [-0.3, -0.25) is 9.59 Å². The number of carbonyl (C=O) groups excluding carboxylic acids is 2. The van der Waals surface area contributed by atoms with E-state index < -0.39 is 0 Å². The average molecular weight is 362 g/mol. The molecule has 0 spiro atoms. The zero-order valence-corrected chi connectivity index (χ0v) is 15.0. The number of anilines is 2. The molecule has 1 saturated carbocycles. The second kappa shape index (κ2) is 7.31. The van der Waals surface area contributed by atoms with E-state index >= 15 is 0 Å². The highest BCUT2D eigenvalue weighted by molar-refractivity contribution is 8.02. The maximum Gasteiger partial charge on any atom is 0.237 e. The van der Waals surface area contributed by atoms with E-state index in [-0.39, 0.29) is 16.9 Å². The number of rotatable bonds is 7. The van der Waals surface area contributed by atoms with E-state index in [1.54, 1.807) is 24.3 Å². The van der Waals surface area contributed by atoms with E-state index in [9.17, 15) is 9.59 Å². The van der Waals surface area contributed by atoms with Gasteiger partial charge in [-0.25, -0.2) is 0 Å². The highest BCUT2D eigenvalue weighted by atomic mass is 32.2. The molecule has 6 nitrogen and oxygen atoms in total. The van der Waals surface area contributed by atoms with Gasteiger partial charge < -0.3 is 10.6 Å². The lowest BCUT2D eigenvalue weighted by Gasteiger charge is -2.10. The van der Waals surface area contributed by atoms with Gasteiger partial charge in [-0.1, -0.05) is 35.2 Å². The van der Waals surface area contributed by atoms with Crippen molar-refractivity contribution in [1.29, 1.82) is 0 Å². The quantitative estimate of drug-likeness (QED) is 0.580. The molecule has 1 atom stereocenters. The summed E-state index contributed by atoms with van der Waals surface area (Å²) in [4.78, 5) is 23.7. The fourth-order valence-corrected chi connectivity index (χ4v) is 3.96. The van der Waals surface area contributed by atoms with Crippen LogP contribution in [0.2, 0.25) is 0 Å². The van der Waals surface area contributed by atoms with Gasteiger partial charge in [0, 0.05) is 17.3 Å². The highest BCUT2D eigenvalue weighted by Crippen LogP contribution is 2.32. The van der Waals surface area contributed by atoms with E-state index in [4.69, 9.17) is 0 Å². The predicted octanol–water partition coefficient (Wildman–Crippen LogP) is 3.43. The van der Waals surface area contributed by atoms with Gasteiger partial charge in [0.15, 0.2) is 10.1 Å². The third-order valence-electron chi connectivity index (χ3n) is 3.49. The summed E-state index contributed by atoms with van der Waals surface area (Å²) in [6.07, 6.45) is 2.36. The van der Waals surface area contributed by atoms with Crippen molar-refractivity contribution in [3.63, 3.8) is 0 Å². The smallest absolute Gasteiger partial charge is 0.237 e. The number of hydrogen-bond acceptors (Lipinski definition) is 7. The molecule has 1 unspecified atom stereocenters. The SMILES string of the molecule is CC(=O)c1cccc(NC(=O)C(C)Sc2nnc(NC3CC3)s2)c1. The normalized spacial score (nSPS) is 14.9. The molecule has 1 aliphatic rings. The van der Waals surface area contributed by atoms with Crippen LogP contribution in [0.25, 0.3) is 0 Å². The predicted molar refractivity (Wildman–Crippen MR) is 96.9 cm³/mol. The Morgan fingerprint density at radius 1 is 1.33 bits per heavy atom. The Labute approximate surface area is 148 Å². The summed E-state index contributed by atoms with van der Waals surface area (Å²) in [7, 11) is 0. The van der Waals surface area contributed by atoms with Gasteiger partial charge in [0.2, 0.25) is 11.0 Å². The summed E-state index contributed by atoms with van der Waals surface area (Å²) in [6.45, 7) is 3.33. The molecule has 1 amide bonds. The summed E-state index contributed by atoms with van der Waals surface area (Å²) in [6, 6.07) is 7.46. The number of nitrogens with zero attached hydrogens (tertiary/aromatic N) is 2. The molecule has 24 heavy (non-hydrogen) atoms. The number of amides is 1. The van der Waals surface area contributed by atoms with Crippen LogP contribution in [0.1, 0.15) is 37.0 Å². The molecule has 0 radical (unpaired) electrons. The second-order valence-corrected chi connectivity index (χ2v) is 8.24. The second-order valence-electron chi connectivity index (χ2n) is 5.68. The number of ketones is 1. The minimum absolute atomic E-state index is 0.0296. The Balaban J connectivity index is 1.56. The van der Waals surface area contributed by atoms with Crippen LogP contribution in [0.4, 0.5) is 10.8 Å². The van der Waals surface area contributed by atoms with Gasteiger partial charge in [-0.2, -0.15) is 0 Å². The molecule has 1 aromatic carbocycles. The number of nitrogens with one attached hydrogen (secondary N) is 2. The molecule has 2 aromatic rings. The average Bonchev–Trinajstić information content (AvgIpc) is 3.26. The molecule has 1 heterocycles. The Bertz CT molecular complexity index is 758. The van der Waals surface area contributed by atoms with Crippen LogP contribution in [0.15, 0.2) is 28.6 Å². The monoisotopic (exact) mass is 362 g/mol. The van der Waals surface area contributed by atoms with Crippen molar-refractivity contribution < 1.29 is 9.59 Å². The Kier molecular flexibility index (Phi) is 5.15. The summed E-state index contributed by atoms with van der Waals surface area (Å²) < 4.78 is 0.762. The number of carbonyl (C=O) groups is 2. The highest BCUT2D eigenvalue weighted by Gasteiger charge is 2.23. The molecular weight excluding hydrogens is 344 g/mol. The van der Waals surface area contributed by atoms with Gasteiger partial charge in [-0.05, 0) is 38.8 Å². The Hall–Kier alpha value is -1.93. The lowest BCUT2D eigenvalue weighted by Crippen LogP contribution is -2.22. The van der Waals surface area contributed by atoms with Crippen LogP contribution in [-0.2, 0) is 4.79 Å². The largest absolute Gasteiger partial charge is 0.357 e. The first-order valence-electron chi connectivity index (χ1n) is 7.70. The molecule has 0 aliphatic heterocycles. The summed E-state index contributed by atoms with van der Waals surface area (Å²) in [5, 5.41) is 14.8. The van der Waals surface area contributed by atoms with Gasteiger partial charge in [0.25, 0.3) is 0 Å². The van der Waals surface area contributed by atoms with Crippen LogP contribution in [0, 0.1) is 0 Å². The lowest BCUT2D eigenvalue weighted by molar-refractivity contribution is -0.115. The van der Waals surface area contributed by atoms with Crippen LogP contribution < -0.4 is 10.6 Å². The maximum absolute atomic E-state index is 12.3. The van der Waals surface area contributed by atoms with Crippen molar-refractivity contribution in [1.82, 2.24) is 10.2 Å². The minimum Gasteiger partial charge on any atom is -0.357 e. The van der Waals surface area contributed by atoms with Gasteiger partial charge in [-0.15, -0.1) is 10.2 Å². The van der Waals surface area contributed by atoms with Crippen molar-refractivity contribution in [3.05, 3.63) is 29.8 Å². The van der Waals surface area contributed by atoms with Gasteiger partial charge in [0.05, 0.1) is 5.25 Å². The van der Waals surface area contributed by atoms with Crippen molar-refractivity contribution in [2.45, 2.75) is 42.3 Å². The first kappa shape index (κ1) is 16.9. The minimum atomic E-state index is -0.312. The first-order valence-corrected chi connectivity index (χ1v) is 9.39. The number of Topliss-reactive ketones (excluding diaryl/α,β-unsaturated/α-hetero) is 1. The van der Waals surface area contributed by atoms with Crippen molar-refractivity contribution >= 4 is 45.6 Å². The fraction of sp³-hybridized carbons (Fsp3) is 0.375. The molecular formula is C16H18N4O2S2. The molecule has 0 saturated heterocycles. The topological polar surface area (TPSA) is 84.0 Å². The number of aromatic nitrogens is 2. The molecule has 1 aliphatic carbocycles. The summed E-state index contributed by atoms with van der Waals surface area (Å²) in [5.41, 5.74) is 1.20. The van der Waals surface area contributed by atoms with Gasteiger partial charge in [0.1, 0.15) is 0 Å². The van der Waals surface area contributed by atoms with Crippen molar-refractivity contribution in [3.8, 4) is 0 Å². The Morgan fingerprint density at radius 2 is 2.12 bits per heavy atom. The zero-order chi connectivity index (χ0) is 17.1. The Morgan fingerprint density at radius 3 is 2.83 bits per heavy atom. The van der Waals surface area contributed by atoms with E-state index in [2.05, 4.69) is 20.8 Å². The molecule has 2 N–H and O–H groups in total. The number of benzene rings is 1. The van der Waals surface area contributed by atoms with Gasteiger partial charge >= 0.3 is 0 Å². The summed E-state index contributed by atoms with van der Waals surface area (Å²) in [5.74, 6) is -0.161. The number of thioether (sulfide) groups is 1. The zero-order valence-electron chi connectivity index (χ0n) is 13.4. The standard InChI is InChI=1S/C16H18N4O2S2/c1-9(21)11-4-3-5-13(8-11)17-14(22)10(2)23-16-20-19-15(24-16)18-12-6-7-12/h3-5,8,10,12H,6-7H2,1-2H3,(H,17,22)(H,18,19). The summed E-state index contributed by atoms with van der Waals surface area (Å²) >= 11 is 2.84. The first-order chi connectivity index (χ1) is 11.5. The molecule has 8 heteroatoms. The number of hydrogen-bond donors (Lipinski definition) is 2. The molecule has 1 fully saturated rings. The van der Waals surface area contributed by atoms with Crippen LogP contribution in [-0.4, -0.2) is 33.2 Å². The molecule has 3 rings (SSSR count). The van der Waals surface area contributed by atoms with Crippen LogP contribution in [0.5, 0.6) is 0 Å². The van der Waals surface area contributed by atoms with Crippen LogP contribution in [0.3, 0.4) is 0 Å². The lowest BCUT2D eigenvalue weighted by atomic mass is 10.1. The van der Waals surface area contributed by atoms with E-state index in [1.165, 1.54) is 42.9 Å². The molecule has 1 aromatic heterocycles. The fourth-order valence-electron chi connectivity index (χ4n) is 1.98.